The first-order chi connectivity index (χ1) is 16.5. The first kappa shape index (κ1) is 21.6. The van der Waals surface area contributed by atoms with Gasteiger partial charge < -0.3 is 19.6 Å². The molecule has 1 aliphatic heterocycles. The molecule has 1 N–H and O–H groups in total. The van der Waals surface area contributed by atoms with E-state index in [9.17, 15) is 4.79 Å². The summed E-state index contributed by atoms with van der Waals surface area (Å²) in [5.74, 6) is 1.79. The SMILES string of the molecule is Cc1ccc(Nc2nc(C)cc(N3CCN(C(=O)c4cc(-c5cccnc5)on4)CC3)n2)cc1. The first-order valence-corrected chi connectivity index (χ1v) is 11.2. The molecule has 4 aromatic rings. The van der Waals surface area contributed by atoms with Crippen molar-refractivity contribution < 1.29 is 9.32 Å². The van der Waals surface area contributed by atoms with E-state index in [1.54, 1.807) is 23.4 Å². The maximum Gasteiger partial charge on any atom is 0.276 e. The van der Waals surface area contributed by atoms with Gasteiger partial charge in [0.05, 0.1) is 0 Å². The summed E-state index contributed by atoms with van der Waals surface area (Å²) in [5, 5.41) is 7.26. The second kappa shape index (κ2) is 9.30. The van der Waals surface area contributed by atoms with Gasteiger partial charge in [0, 0.05) is 67.7 Å². The first-order valence-electron chi connectivity index (χ1n) is 11.2. The van der Waals surface area contributed by atoms with Crippen LogP contribution in [0.3, 0.4) is 0 Å². The second-order valence-corrected chi connectivity index (χ2v) is 8.28. The summed E-state index contributed by atoms with van der Waals surface area (Å²) in [4.78, 5) is 30.2. The van der Waals surface area contributed by atoms with Gasteiger partial charge in [0.2, 0.25) is 5.95 Å². The van der Waals surface area contributed by atoms with Crippen molar-refractivity contribution in [1.82, 2.24) is 25.0 Å². The molecule has 0 atom stereocenters. The molecule has 9 nitrogen and oxygen atoms in total. The lowest BCUT2D eigenvalue weighted by Gasteiger charge is -2.35. The van der Waals surface area contributed by atoms with Crippen molar-refractivity contribution in [2.24, 2.45) is 0 Å². The Morgan fingerprint density at radius 2 is 1.79 bits per heavy atom. The van der Waals surface area contributed by atoms with Crippen LogP contribution in [-0.2, 0) is 0 Å². The maximum atomic E-state index is 13.0. The number of carbonyl (C=O) groups is 1. The number of nitrogens with zero attached hydrogens (tertiary/aromatic N) is 6. The Hall–Kier alpha value is -4.27. The van der Waals surface area contributed by atoms with Crippen molar-refractivity contribution in [3.63, 3.8) is 0 Å². The predicted octanol–water partition coefficient (Wildman–Crippen LogP) is 3.85. The highest BCUT2D eigenvalue weighted by Gasteiger charge is 2.26. The third-order valence-electron chi connectivity index (χ3n) is 5.71. The summed E-state index contributed by atoms with van der Waals surface area (Å²) in [7, 11) is 0. The third kappa shape index (κ3) is 4.73. The van der Waals surface area contributed by atoms with Crippen molar-refractivity contribution in [3.05, 3.63) is 77.9 Å². The van der Waals surface area contributed by atoms with Gasteiger partial charge in [0.25, 0.3) is 5.91 Å². The molecule has 9 heteroatoms. The zero-order chi connectivity index (χ0) is 23.5. The van der Waals surface area contributed by atoms with Crippen molar-refractivity contribution >= 4 is 23.4 Å². The minimum atomic E-state index is -0.140. The van der Waals surface area contributed by atoms with Gasteiger partial charge in [-0.05, 0) is 38.1 Å². The van der Waals surface area contributed by atoms with Crippen LogP contribution in [-0.4, -0.2) is 57.1 Å². The fourth-order valence-corrected chi connectivity index (χ4v) is 3.86. The molecular formula is C25H25N7O2. The zero-order valence-corrected chi connectivity index (χ0v) is 19.1. The van der Waals surface area contributed by atoms with Crippen LogP contribution in [0.1, 0.15) is 21.7 Å². The second-order valence-electron chi connectivity index (χ2n) is 8.28. The molecular weight excluding hydrogens is 430 g/mol. The predicted molar refractivity (Wildman–Crippen MR) is 129 cm³/mol. The average Bonchev–Trinajstić information content (AvgIpc) is 3.36. The number of nitrogens with one attached hydrogen (secondary N) is 1. The van der Waals surface area contributed by atoms with E-state index in [1.807, 2.05) is 49.4 Å². The van der Waals surface area contributed by atoms with E-state index in [-0.39, 0.29) is 5.91 Å². The van der Waals surface area contributed by atoms with Gasteiger partial charge in [-0.25, -0.2) is 4.98 Å². The fourth-order valence-electron chi connectivity index (χ4n) is 3.86. The van der Waals surface area contributed by atoms with Gasteiger partial charge in [-0.2, -0.15) is 4.98 Å². The van der Waals surface area contributed by atoms with Gasteiger partial charge in [0.15, 0.2) is 11.5 Å². The molecule has 4 heterocycles. The van der Waals surface area contributed by atoms with Crippen LogP contribution >= 0.6 is 0 Å². The van der Waals surface area contributed by atoms with Crippen LogP contribution in [0, 0.1) is 13.8 Å². The number of benzene rings is 1. The molecule has 1 saturated heterocycles. The molecule has 34 heavy (non-hydrogen) atoms. The summed E-state index contributed by atoms with van der Waals surface area (Å²) >= 11 is 0. The Balaban J connectivity index is 1.24. The molecule has 1 aromatic carbocycles. The van der Waals surface area contributed by atoms with Gasteiger partial charge in [-0.1, -0.05) is 22.9 Å². The van der Waals surface area contributed by atoms with Gasteiger partial charge >= 0.3 is 0 Å². The quantitative estimate of drug-likeness (QED) is 0.484. The number of carbonyl (C=O) groups excluding carboxylic acids is 1. The molecule has 1 aliphatic rings. The summed E-state index contributed by atoms with van der Waals surface area (Å²) in [6.45, 7) is 6.47. The Morgan fingerprint density at radius 1 is 1.00 bits per heavy atom. The lowest BCUT2D eigenvalue weighted by atomic mass is 10.2. The van der Waals surface area contributed by atoms with Crippen molar-refractivity contribution in [3.8, 4) is 11.3 Å². The summed E-state index contributed by atoms with van der Waals surface area (Å²) < 4.78 is 5.36. The van der Waals surface area contributed by atoms with E-state index < -0.39 is 0 Å². The van der Waals surface area contributed by atoms with E-state index >= 15 is 0 Å². The van der Waals surface area contributed by atoms with E-state index in [2.05, 4.69) is 32.3 Å². The molecule has 0 spiro atoms. The largest absolute Gasteiger partial charge is 0.355 e. The Morgan fingerprint density at radius 3 is 2.53 bits per heavy atom. The minimum Gasteiger partial charge on any atom is -0.355 e. The van der Waals surface area contributed by atoms with Crippen molar-refractivity contribution in [2.75, 3.05) is 36.4 Å². The molecule has 1 fully saturated rings. The molecule has 0 unspecified atom stereocenters. The van der Waals surface area contributed by atoms with E-state index in [0.717, 1.165) is 22.8 Å². The highest BCUT2D eigenvalue weighted by atomic mass is 16.5. The third-order valence-corrected chi connectivity index (χ3v) is 5.71. The topological polar surface area (TPSA) is 100 Å². The standard InChI is InChI=1S/C25H25N7O2/c1-17-5-7-20(8-6-17)28-25-27-18(2)14-23(29-25)31-10-12-32(13-11-31)24(33)21-15-22(34-30-21)19-4-3-9-26-16-19/h3-9,14-16H,10-13H2,1-2H3,(H,27,28,29). The molecule has 0 radical (unpaired) electrons. The van der Waals surface area contributed by atoms with Crippen LogP contribution in [0.4, 0.5) is 17.5 Å². The number of hydrogen-bond acceptors (Lipinski definition) is 8. The molecule has 0 bridgehead atoms. The smallest absolute Gasteiger partial charge is 0.276 e. The average molecular weight is 456 g/mol. The zero-order valence-electron chi connectivity index (χ0n) is 19.1. The van der Waals surface area contributed by atoms with Crippen LogP contribution in [0.2, 0.25) is 0 Å². The summed E-state index contributed by atoms with van der Waals surface area (Å²) in [6.07, 6.45) is 3.37. The molecule has 3 aromatic heterocycles. The number of anilines is 3. The Bertz CT molecular complexity index is 1280. The molecule has 0 aliphatic carbocycles. The minimum absolute atomic E-state index is 0.140. The van der Waals surface area contributed by atoms with E-state index in [4.69, 9.17) is 9.51 Å². The normalized spacial score (nSPS) is 13.7. The fraction of sp³-hybridized carbons (Fsp3) is 0.240. The Kier molecular flexibility index (Phi) is 5.90. The highest BCUT2D eigenvalue weighted by molar-refractivity contribution is 5.93. The van der Waals surface area contributed by atoms with Gasteiger partial charge in [0.1, 0.15) is 5.82 Å². The monoisotopic (exact) mass is 455 g/mol. The molecule has 5 rings (SSSR count). The molecule has 0 saturated carbocycles. The van der Waals surface area contributed by atoms with Gasteiger partial charge in [-0.15, -0.1) is 0 Å². The van der Waals surface area contributed by atoms with Crippen LogP contribution in [0.25, 0.3) is 11.3 Å². The van der Waals surface area contributed by atoms with E-state index in [0.29, 0.717) is 43.6 Å². The number of aromatic nitrogens is 4. The summed E-state index contributed by atoms with van der Waals surface area (Å²) in [5.41, 5.74) is 4.10. The summed E-state index contributed by atoms with van der Waals surface area (Å²) in [6, 6.07) is 15.4. The molecule has 172 valence electrons. The van der Waals surface area contributed by atoms with E-state index in [1.165, 1.54) is 5.56 Å². The highest BCUT2D eigenvalue weighted by Crippen LogP contribution is 2.22. The number of rotatable bonds is 5. The van der Waals surface area contributed by atoms with Crippen LogP contribution in [0.15, 0.2) is 65.4 Å². The number of amides is 1. The van der Waals surface area contributed by atoms with Gasteiger partial charge in [-0.3, -0.25) is 9.78 Å². The maximum absolute atomic E-state index is 13.0. The number of hydrogen-bond donors (Lipinski definition) is 1. The number of piperazine rings is 1. The number of aryl methyl sites for hydroxylation is 2. The van der Waals surface area contributed by atoms with Crippen molar-refractivity contribution in [2.45, 2.75) is 13.8 Å². The lowest BCUT2D eigenvalue weighted by Crippen LogP contribution is -2.49. The Labute approximate surface area is 197 Å². The molecule has 1 amide bonds. The van der Waals surface area contributed by atoms with Crippen LogP contribution < -0.4 is 10.2 Å². The number of pyridine rings is 1. The lowest BCUT2D eigenvalue weighted by molar-refractivity contribution is 0.0736. The van der Waals surface area contributed by atoms with Crippen molar-refractivity contribution in [1.29, 1.82) is 0 Å². The van der Waals surface area contributed by atoms with Crippen LogP contribution in [0.5, 0.6) is 0 Å².